The minimum absolute atomic E-state index is 0.213. The lowest BCUT2D eigenvalue weighted by molar-refractivity contribution is -0.0440. The van der Waals surface area contributed by atoms with Gasteiger partial charge in [0.2, 0.25) is 0 Å². The normalized spacial score (nSPS) is 28.1. The highest BCUT2D eigenvalue weighted by Gasteiger charge is 2.39. The Morgan fingerprint density at radius 2 is 1.94 bits per heavy atom. The van der Waals surface area contributed by atoms with E-state index in [1.54, 1.807) is 0 Å². The highest BCUT2D eigenvalue weighted by atomic mass is 35.5. The van der Waals surface area contributed by atoms with Crippen molar-refractivity contribution in [2.75, 3.05) is 0 Å². The molecule has 1 aromatic carbocycles. The summed E-state index contributed by atoms with van der Waals surface area (Å²) in [7, 11) is 0. The molecule has 0 spiro atoms. The lowest BCUT2D eigenvalue weighted by Crippen LogP contribution is -2.36. The van der Waals surface area contributed by atoms with Crippen molar-refractivity contribution in [3.8, 4) is 0 Å². The van der Waals surface area contributed by atoms with Crippen LogP contribution in [0.2, 0.25) is 5.02 Å². The highest BCUT2D eigenvalue weighted by Crippen LogP contribution is 2.46. The fraction of sp³-hybridized carbons (Fsp3) is 0.600. The molecule has 0 saturated heterocycles. The topological polar surface area (TPSA) is 20.2 Å². The molecule has 0 heterocycles. The molecule has 0 amide bonds. The van der Waals surface area contributed by atoms with Gasteiger partial charge in [-0.1, -0.05) is 37.6 Å². The first-order valence-corrected chi connectivity index (χ1v) is 6.69. The molecule has 17 heavy (non-hydrogen) atoms. The summed E-state index contributed by atoms with van der Waals surface area (Å²) in [6.45, 7) is 6.45. The van der Waals surface area contributed by atoms with Crippen LogP contribution >= 0.6 is 11.6 Å². The second kappa shape index (κ2) is 4.29. The predicted molar refractivity (Wildman–Crippen MR) is 72.3 cm³/mol. The van der Waals surface area contributed by atoms with Gasteiger partial charge in [0.05, 0.1) is 5.60 Å². The average molecular weight is 253 g/mol. The van der Waals surface area contributed by atoms with Crippen LogP contribution in [0.25, 0.3) is 0 Å². The zero-order valence-electron chi connectivity index (χ0n) is 10.9. The van der Waals surface area contributed by atoms with E-state index in [-0.39, 0.29) is 5.41 Å². The maximum Gasteiger partial charge on any atom is 0.0902 e. The Kier molecular flexibility index (Phi) is 3.26. The molecule has 0 radical (unpaired) electrons. The lowest BCUT2D eigenvalue weighted by Gasteiger charge is -2.42. The molecule has 1 fully saturated rings. The van der Waals surface area contributed by atoms with Crippen molar-refractivity contribution >= 4 is 11.6 Å². The molecule has 0 aromatic heterocycles. The van der Waals surface area contributed by atoms with Gasteiger partial charge < -0.3 is 5.11 Å². The van der Waals surface area contributed by atoms with Crippen molar-refractivity contribution in [2.24, 2.45) is 5.41 Å². The predicted octanol–water partition coefficient (Wildman–Crippen LogP) is 4.44. The zero-order chi connectivity index (χ0) is 12.7. The summed E-state index contributed by atoms with van der Waals surface area (Å²) in [6.07, 6.45) is 3.93. The number of aryl methyl sites for hydroxylation is 1. The molecule has 1 unspecified atom stereocenters. The number of hydrogen-bond donors (Lipinski definition) is 1. The van der Waals surface area contributed by atoms with Crippen molar-refractivity contribution in [3.05, 3.63) is 34.3 Å². The third-order valence-electron chi connectivity index (χ3n) is 3.92. The van der Waals surface area contributed by atoms with Crippen LogP contribution in [0.5, 0.6) is 0 Å². The van der Waals surface area contributed by atoms with Crippen LogP contribution in [0.3, 0.4) is 0 Å². The Balaban J connectivity index is 2.34. The third kappa shape index (κ3) is 2.66. The second-order valence-electron chi connectivity index (χ2n) is 6.19. The van der Waals surface area contributed by atoms with Gasteiger partial charge in [0.1, 0.15) is 0 Å². The first-order valence-electron chi connectivity index (χ1n) is 6.31. The van der Waals surface area contributed by atoms with Crippen molar-refractivity contribution < 1.29 is 5.11 Å². The van der Waals surface area contributed by atoms with Gasteiger partial charge in [0, 0.05) is 5.02 Å². The Morgan fingerprint density at radius 3 is 2.53 bits per heavy atom. The van der Waals surface area contributed by atoms with Gasteiger partial charge in [-0.25, -0.2) is 0 Å². The van der Waals surface area contributed by atoms with Crippen LogP contribution in [0.15, 0.2) is 18.2 Å². The third-order valence-corrected chi connectivity index (χ3v) is 4.33. The van der Waals surface area contributed by atoms with Crippen molar-refractivity contribution in [1.82, 2.24) is 0 Å². The minimum Gasteiger partial charge on any atom is -0.385 e. The van der Waals surface area contributed by atoms with Gasteiger partial charge in [0.15, 0.2) is 0 Å². The van der Waals surface area contributed by atoms with Gasteiger partial charge in [-0.3, -0.25) is 0 Å². The van der Waals surface area contributed by atoms with E-state index in [1.165, 1.54) is 6.42 Å². The van der Waals surface area contributed by atoms with Crippen LogP contribution in [0, 0.1) is 12.3 Å². The number of aliphatic hydroxyl groups is 1. The quantitative estimate of drug-likeness (QED) is 0.784. The molecule has 2 rings (SSSR count). The molecule has 1 aliphatic rings. The van der Waals surface area contributed by atoms with Crippen LogP contribution in [-0.2, 0) is 5.60 Å². The van der Waals surface area contributed by atoms with E-state index in [4.69, 9.17) is 11.6 Å². The minimum atomic E-state index is -0.695. The fourth-order valence-electron chi connectivity index (χ4n) is 2.96. The molecule has 0 aliphatic heterocycles. The summed E-state index contributed by atoms with van der Waals surface area (Å²) in [5, 5.41) is 11.6. The zero-order valence-corrected chi connectivity index (χ0v) is 11.6. The first-order chi connectivity index (χ1) is 7.82. The van der Waals surface area contributed by atoms with E-state index < -0.39 is 5.60 Å². The molecule has 1 aromatic rings. The molecule has 1 N–H and O–H groups in total. The first kappa shape index (κ1) is 12.9. The Morgan fingerprint density at radius 1 is 1.24 bits per heavy atom. The summed E-state index contributed by atoms with van der Waals surface area (Å²) < 4.78 is 0. The largest absolute Gasteiger partial charge is 0.385 e. The molecular formula is C15H21ClO. The van der Waals surface area contributed by atoms with Crippen molar-refractivity contribution in [2.45, 2.75) is 52.1 Å². The number of rotatable bonds is 1. The van der Waals surface area contributed by atoms with Gasteiger partial charge >= 0.3 is 0 Å². The Hall–Kier alpha value is -0.530. The van der Waals surface area contributed by atoms with Crippen LogP contribution < -0.4 is 0 Å². The SMILES string of the molecule is Cc1ccc(C2(O)CCCC(C)(C)C2)cc1Cl. The van der Waals surface area contributed by atoms with E-state index in [0.29, 0.717) is 0 Å². The van der Waals surface area contributed by atoms with Crippen LogP contribution in [0.1, 0.15) is 50.7 Å². The summed E-state index contributed by atoms with van der Waals surface area (Å²) >= 11 is 6.15. The average Bonchev–Trinajstić information content (AvgIpc) is 2.20. The highest BCUT2D eigenvalue weighted by molar-refractivity contribution is 6.31. The van der Waals surface area contributed by atoms with E-state index in [0.717, 1.165) is 35.4 Å². The van der Waals surface area contributed by atoms with Gasteiger partial charge in [-0.15, -0.1) is 0 Å². The van der Waals surface area contributed by atoms with Gasteiger partial charge in [-0.05, 0) is 55.2 Å². The molecule has 1 atom stereocenters. The van der Waals surface area contributed by atoms with Gasteiger partial charge in [0.25, 0.3) is 0 Å². The summed E-state index contributed by atoms with van der Waals surface area (Å²) in [5.41, 5.74) is 1.55. The smallest absolute Gasteiger partial charge is 0.0902 e. The summed E-state index contributed by atoms with van der Waals surface area (Å²) in [4.78, 5) is 0. The van der Waals surface area contributed by atoms with Crippen molar-refractivity contribution in [3.63, 3.8) is 0 Å². The molecule has 1 aliphatic carbocycles. The number of halogens is 1. The van der Waals surface area contributed by atoms with Crippen LogP contribution in [-0.4, -0.2) is 5.11 Å². The van der Waals surface area contributed by atoms with E-state index in [2.05, 4.69) is 13.8 Å². The summed E-state index contributed by atoms with van der Waals surface area (Å²) in [6, 6.07) is 5.94. The van der Waals surface area contributed by atoms with E-state index in [9.17, 15) is 5.11 Å². The van der Waals surface area contributed by atoms with Gasteiger partial charge in [-0.2, -0.15) is 0 Å². The van der Waals surface area contributed by atoms with E-state index in [1.807, 2.05) is 25.1 Å². The second-order valence-corrected chi connectivity index (χ2v) is 6.60. The van der Waals surface area contributed by atoms with Crippen molar-refractivity contribution in [1.29, 1.82) is 0 Å². The monoisotopic (exact) mass is 252 g/mol. The number of benzene rings is 1. The number of hydrogen-bond acceptors (Lipinski definition) is 1. The fourth-order valence-corrected chi connectivity index (χ4v) is 3.14. The molecule has 1 nitrogen and oxygen atoms in total. The molecule has 1 saturated carbocycles. The lowest BCUT2D eigenvalue weighted by atomic mass is 9.67. The molecule has 2 heteroatoms. The standard InChI is InChI=1S/C15H21ClO/c1-11-5-6-12(9-13(11)16)15(17)8-4-7-14(2,3)10-15/h5-6,9,17H,4,7-8,10H2,1-3H3. The molecule has 94 valence electrons. The molecule has 0 bridgehead atoms. The maximum atomic E-state index is 10.8. The maximum absolute atomic E-state index is 10.8. The summed E-state index contributed by atoms with van der Waals surface area (Å²) in [5.74, 6) is 0. The van der Waals surface area contributed by atoms with E-state index >= 15 is 0 Å². The van der Waals surface area contributed by atoms with Crippen LogP contribution in [0.4, 0.5) is 0 Å². The molecular weight excluding hydrogens is 232 g/mol. The Bertz CT molecular complexity index is 425. The Labute approximate surface area is 109 Å².